The highest BCUT2D eigenvalue weighted by atomic mass is 32.1. The van der Waals surface area contributed by atoms with Crippen LogP contribution in [0.15, 0.2) is 41.8 Å². The number of thiazole rings is 1. The SMILES string of the molecule is COc1ccc(Nc2nc(C(=O)Nc3ccc(C)c(C)c3)cs2)cc1OC. The summed E-state index contributed by atoms with van der Waals surface area (Å²) in [5.41, 5.74) is 4.22. The van der Waals surface area contributed by atoms with Crippen molar-refractivity contribution in [2.24, 2.45) is 0 Å². The Kier molecular flexibility index (Phi) is 5.61. The first kappa shape index (κ1) is 18.7. The second-order valence-corrected chi connectivity index (χ2v) is 6.84. The highest BCUT2D eigenvalue weighted by molar-refractivity contribution is 7.14. The smallest absolute Gasteiger partial charge is 0.275 e. The molecule has 2 N–H and O–H groups in total. The molecule has 27 heavy (non-hydrogen) atoms. The largest absolute Gasteiger partial charge is 0.493 e. The van der Waals surface area contributed by atoms with Gasteiger partial charge in [-0.3, -0.25) is 4.79 Å². The molecule has 0 aliphatic rings. The number of hydrogen-bond donors (Lipinski definition) is 2. The first-order valence-corrected chi connectivity index (χ1v) is 9.21. The van der Waals surface area contributed by atoms with E-state index in [2.05, 4.69) is 15.6 Å². The predicted octanol–water partition coefficient (Wildman–Crippen LogP) is 4.77. The van der Waals surface area contributed by atoms with Gasteiger partial charge in [0.15, 0.2) is 16.6 Å². The summed E-state index contributed by atoms with van der Waals surface area (Å²) in [7, 11) is 3.17. The molecule has 1 aromatic heterocycles. The van der Waals surface area contributed by atoms with Crippen LogP contribution in [0.2, 0.25) is 0 Å². The van der Waals surface area contributed by atoms with Gasteiger partial charge in [-0.15, -0.1) is 11.3 Å². The van der Waals surface area contributed by atoms with Gasteiger partial charge in [0, 0.05) is 22.8 Å². The van der Waals surface area contributed by atoms with Gasteiger partial charge >= 0.3 is 0 Å². The lowest BCUT2D eigenvalue weighted by Crippen LogP contribution is -2.12. The first-order valence-electron chi connectivity index (χ1n) is 8.33. The zero-order valence-electron chi connectivity index (χ0n) is 15.6. The number of amides is 1. The zero-order valence-corrected chi connectivity index (χ0v) is 16.4. The molecule has 0 unspecified atom stereocenters. The minimum Gasteiger partial charge on any atom is -0.493 e. The van der Waals surface area contributed by atoms with Crippen LogP contribution in [0.5, 0.6) is 11.5 Å². The van der Waals surface area contributed by atoms with Crippen molar-refractivity contribution in [1.82, 2.24) is 4.98 Å². The Balaban J connectivity index is 1.70. The molecule has 0 spiro atoms. The normalized spacial score (nSPS) is 10.4. The molecule has 7 heteroatoms. The summed E-state index contributed by atoms with van der Waals surface area (Å²) in [4.78, 5) is 16.8. The molecule has 1 heterocycles. The predicted molar refractivity (Wildman–Crippen MR) is 109 cm³/mol. The van der Waals surface area contributed by atoms with Gasteiger partial charge in [-0.1, -0.05) is 6.07 Å². The van der Waals surface area contributed by atoms with Crippen molar-refractivity contribution < 1.29 is 14.3 Å². The fourth-order valence-electron chi connectivity index (χ4n) is 2.49. The van der Waals surface area contributed by atoms with Gasteiger partial charge in [0.05, 0.1) is 14.2 Å². The number of hydrogen-bond acceptors (Lipinski definition) is 6. The van der Waals surface area contributed by atoms with Crippen molar-refractivity contribution in [2.45, 2.75) is 13.8 Å². The Morgan fingerprint density at radius 2 is 1.70 bits per heavy atom. The lowest BCUT2D eigenvalue weighted by Gasteiger charge is -2.09. The van der Waals surface area contributed by atoms with Crippen LogP contribution in [-0.4, -0.2) is 25.1 Å². The molecule has 0 saturated carbocycles. The zero-order chi connectivity index (χ0) is 19.4. The standard InChI is InChI=1S/C20H21N3O3S/c1-12-5-6-14(9-13(12)2)21-19(24)16-11-27-20(23-16)22-15-7-8-17(25-3)18(10-15)26-4/h5-11H,1-4H3,(H,21,24)(H,22,23). The molecule has 6 nitrogen and oxygen atoms in total. The highest BCUT2D eigenvalue weighted by Crippen LogP contribution is 2.31. The fraction of sp³-hybridized carbons (Fsp3) is 0.200. The molecular formula is C20H21N3O3S. The maximum Gasteiger partial charge on any atom is 0.275 e. The summed E-state index contributed by atoms with van der Waals surface area (Å²) in [6.07, 6.45) is 0. The van der Waals surface area contributed by atoms with Gasteiger partial charge in [-0.05, 0) is 49.2 Å². The number of aryl methyl sites for hydroxylation is 2. The molecule has 0 aliphatic heterocycles. The van der Waals surface area contributed by atoms with Crippen LogP contribution in [0, 0.1) is 13.8 Å². The second kappa shape index (κ2) is 8.09. The lowest BCUT2D eigenvalue weighted by molar-refractivity contribution is 0.102. The monoisotopic (exact) mass is 383 g/mol. The van der Waals surface area contributed by atoms with Crippen molar-refractivity contribution in [1.29, 1.82) is 0 Å². The molecule has 0 radical (unpaired) electrons. The second-order valence-electron chi connectivity index (χ2n) is 5.99. The summed E-state index contributed by atoms with van der Waals surface area (Å²) in [5, 5.41) is 8.39. The average Bonchev–Trinajstić information content (AvgIpc) is 3.13. The van der Waals surface area contributed by atoms with Gasteiger partial charge in [0.1, 0.15) is 5.69 Å². The lowest BCUT2D eigenvalue weighted by atomic mass is 10.1. The van der Waals surface area contributed by atoms with Crippen LogP contribution in [0.4, 0.5) is 16.5 Å². The number of nitrogens with one attached hydrogen (secondary N) is 2. The molecule has 3 rings (SSSR count). The quantitative estimate of drug-likeness (QED) is 0.641. The van der Waals surface area contributed by atoms with Crippen molar-refractivity contribution in [3.63, 3.8) is 0 Å². The molecule has 0 saturated heterocycles. The maximum absolute atomic E-state index is 12.4. The molecule has 2 aromatic carbocycles. The van der Waals surface area contributed by atoms with Crippen LogP contribution in [-0.2, 0) is 0 Å². The topological polar surface area (TPSA) is 72.5 Å². The molecule has 0 fully saturated rings. The van der Waals surface area contributed by atoms with E-state index in [1.807, 2.05) is 50.2 Å². The van der Waals surface area contributed by atoms with Gasteiger partial charge in [-0.25, -0.2) is 4.98 Å². The Labute approximate surface area is 162 Å². The van der Waals surface area contributed by atoms with E-state index < -0.39 is 0 Å². The average molecular weight is 383 g/mol. The number of anilines is 3. The van der Waals surface area contributed by atoms with E-state index in [1.165, 1.54) is 16.9 Å². The number of benzene rings is 2. The molecule has 0 aliphatic carbocycles. The molecule has 3 aromatic rings. The first-order chi connectivity index (χ1) is 13.0. The van der Waals surface area contributed by atoms with Crippen LogP contribution in [0.25, 0.3) is 0 Å². The van der Waals surface area contributed by atoms with Crippen molar-refractivity contribution in [3.8, 4) is 11.5 Å². The maximum atomic E-state index is 12.4. The molecule has 0 atom stereocenters. The summed E-state index contributed by atoms with van der Waals surface area (Å²) < 4.78 is 10.5. The minimum absolute atomic E-state index is 0.241. The Bertz CT molecular complexity index is 969. The van der Waals surface area contributed by atoms with Gasteiger partial charge < -0.3 is 20.1 Å². The summed E-state index contributed by atoms with van der Waals surface area (Å²) in [6, 6.07) is 11.3. The third kappa shape index (κ3) is 4.38. The third-order valence-electron chi connectivity index (χ3n) is 4.14. The molecule has 0 bridgehead atoms. The van der Waals surface area contributed by atoms with E-state index in [0.717, 1.165) is 16.9 Å². The van der Waals surface area contributed by atoms with E-state index in [-0.39, 0.29) is 5.91 Å². The molecule has 1 amide bonds. The highest BCUT2D eigenvalue weighted by Gasteiger charge is 2.12. The van der Waals surface area contributed by atoms with Gasteiger partial charge in [-0.2, -0.15) is 0 Å². The number of ether oxygens (including phenoxy) is 2. The van der Waals surface area contributed by atoms with Gasteiger partial charge in [0.2, 0.25) is 0 Å². The van der Waals surface area contributed by atoms with Crippen molar-refractivity contribution >= 4 is 33.8 Å². The number of aromatic nitrogens is 1. The third-order valence-corrected chi connectivity index (χ3v) is 4.89. The Morgan fingerprint density at radius 3 is 2.41 bits per heavy atom. The molecular weight excluding hydrogens is 362 g/mol. The van der Waals surface area contributed by atoms with E-state index in [9.17, 15) is 4.79 Å². The van der Waals surface area contributed by atoms with E-state index in [0.29, 0.717) is 22.3 Å². The van der Waals surface area contributed by atoms with Crippen molar-refractivity contribution in [3.05, 3.63) is 58.6 Å². The number of rotatable bonds is 6. The summed E-state index contributed by atoms with van der Waals surface area (Å²) in [5.74, 6) is 1.03. The Morgan fingerprint density at radius 1 is 0.963 bits per heavy atom. The van der Waals surface area contributed by atoms with E-state index >= 15 is 0 Å². The number of nitrogens with zero attached hydrogens (tertiary/aromatic N) is 1. The van der Waals surface area contributed by atoms with Crippen LogP contribution in [0.3, 0.4) is 0 Å². The number of carbonyl (C=O) groups is 1. The van der Waals surface area contributed by atoms with Gasteiger partial charge in [0.25, 0.3) is 5.91 Å². The van der Waals surface area contributed by atoms with E-state index in [1.54, 1.807) is 19.6 Å². The van der Waals surface area contributed by atoms with Crippen LogP contribution >= 0.6 is 11.3 Å². The van der Waals surface area contributed by atoms with E-state index in [4.69, 9.17) is 9.47 Å². The summed E-state index contributed by atoms with van der Waals surface area (Å²) >= 11 is 1.36. The van der Waals surface area contributed by atoms with Crippen LogP contribution < -0.4 is 20.1 Å². The fourth-order valence-corrected chi connectivity index (χ4v) is 3.20. The van der Waals surface area contributed by atoms with Crippen LogP contribution in [0.1, 0.15) is 21.6 Å². The van der Waals surface area contributed by atoms with Crippen molar-refractivity contribution in [2.75, 3.05) is 24.9 Å². The number of methoxy groups -OCH3 is 2. The summed E-state index contributed by atoms with van der Waals surface area (Å²) in [6.45, 7) is 4.05. The minimum atomic E-state index is -0.241. The number of carbonyl (C=O) groups excluding carboxylic acids is 1. The Hall–Kier alpha value is -3.06. The molecule has 140 valence electrons.